The lowest BCUT2D eigenvalue weighted by Gasteiger charge is -2.27. The van der Waals surface area contributed by atoms with Crippen LogP contribution in [-0.2, 0) is 11.2 Å². The summed E-state index contributed by atoms with van der Waals surface area (Å²) in [5.41, 5.74) is 9.65. The van der Waals surface area contributed by atoms with Crippen molar-refractivity contribution in [3.63, 3.8) is 0 Å². The Balaban J connectivity index is 1.53. The van der Waals surface area contributed by atoms with Crippen molar-refractivity contribution in [2.45, 2.75) is 25.3 Å². The molecule has 0 fully saturated rings. The van der Waals surface area contributed by atoms with Gasteiger partial charge in [0.2, 0.25) is 5.88 Å². The lowest BCUT2D eigenvalue weighted by molar-refractivity contribution is 0.104. The summed E-state index contributed by atoms with van der Waals surface area (Å²) < 4.78 is 11.0. The van der Waals surface area contributed by atoms with Crippen molar-refractivity contribution in [2.75, 3.05) is 31.7 Å². The summed E-state index contributed by atoms with van der Waals surface area (Å²) >= 11 is 0. The van der Waals surface area contributed by atoms with Crippen molar-refractivity contribution in [1.82, 2.24) is 15.0 Å². The average molecular weight is 379 g/mol. The summed E-state index contributed by atoms with van der Waals surface area (Å²) in [5.74, 6) is 1.27. The molecule has 2 aromatic heterocycles. The first-order chi connectivity index (χ1) is 13.8. The first kappa shape index (κ1) is 18.6. The van der Waals surface area contributed by atoms with Crippen LogP contribution < -0.4 is 15.8 Å². The zero-order chi connectivity index (χ0) is 19.2. The number of hydrogen-bond acceptors (Lipinski definition) is 7. The Kier molecular flexibility index (Phi) is 5.94. The molecule has 0 saturated carbocycles. The van der Waals surface area contributed by atoms with E-state index in [1.54, 1.807) is 6.33 Å². The zero-order valence-electron chi connectivity index (χ0n) is 15.8. The Labute approximate surface area is 164 Å². The van der Waals surface area contributed by atoms with Crippen LogP contribution in [0.2, 0.25) is 0 Å². The lowest BCUT2D eigenvalue weighted by Crippen LogP contribution is -2.18. The number of nitrogens with one attached hydrogen (secondary N) is 1. The smallest absolute Gasteiger partial charge is 0.214 e. The molecule has 28 heavy (non-hydrogen) atoms. The monoisotopic (exact) mass is 379 g/mol. The minimum absolute atomic E-state index is 0.221. The molecule has 1 aliphatic carbocycles. The van der Waals surface area contributed by atoms with Gasteiger partial charge in [0.15, 0.2) is 5.82 Å². The van der Waals surface area contributed by atoms with Crippen LogP contribution in [0.4, 0.5) is 5.82 Å². The van der Waals surface area contributed by atoms with Gasteiger partial charge in [-0.2, -0.15) is 0 Å². The third kappa shape index (κ3) is 4.21. The number of nitrogens with two attached hydrogens (primary N) is 1. The molecule has 0 amide bonds. The molecule has 7 nitrogen and oxygen atoms in total. The van der Waals surface area contributed by atoms with Crippen molar-refractivity contribution in [3.8, 4) is 5.88 Å². The van der Waals surface area contributed by atoms with E-state index in [0.29, 0.717) is 37.8 Å². The molecule has 3 N–H and O–H groups in total. The zero-order valence-corrected chi connectivity index (χ0v) is 15.8. The van der Waals surface area contributed by atoms with Gasteiger partial charge in [0.25, 0.3) is 0 Å². The van der Waals surface area contributed by atoms with Gasteiger partial charge in [-0.25, -0.2) is 15.0 Å². The number of pyridine rings is 1. The predicted octanol–water partition coefficient (Wildman–Crippen LogP) is 2.87. The SMILES string of the molecule is NCCOCCOc1ccc2ncnc(N[C@H]3CCCc4ccccc43)c2n1. The normalized spacial score (nSPS) is 16.0. The number of aryl methyl sites for hydroxylation is 1. The molecule has 0 spiro atoms. The molecule has 7 heteroatoms. The summed E-state index contributed by atoms with van der Waals surface area (Å²) in [6, 6.07) is 12.5. The summed E-state index contributed by atoms with van der Waals surface area (Å²) in [7, 11) is 0. The topological polar surface area (TPSA) is 95.2 Å². The molecule has 3 aromatic rings. The standard InChI is InChI=1S/C21H25N5O2/c22-10-11-27-12-13-28-19-9-8-18-20(26-19)21(24-14-23-18)25-17-7-3-5-15-4-1-2-6-16(15)17/h1-2,4,6,8-9,14,17H,3,5,7,10-13,22H2,(H,23,24,25)/t17-/m0/s1. The minimum atomic E-state index is 0.221. The van der Waals surface area contributed by atoms with Crippen LogP contribution in [-0.4, -0.2) is 41.3 Å². The largest absolute Gasteiger partial charge is 0.475 e. The van der Waals surface area contributed by atoms with Gasteiger partial charge in [-0.05, 0) is 36.5 Å². The average Bonchev–Trinajstić information content (AvgIpc) is 2.74. The van der Waals surface area contributed by atoms with Crippen molar-refractivity contribution in [3.05, 3.63) is 53.9 Å². The maximum absolute atomic E-state index is 5.70. The molecule has 146 valence electrons. The second-order valence-electron chi connectivity index (χ2n) is 6.78. The Bertz CT molecular complexity index is 934. The highest BCUT2D eigenvalue weighted by Gasteiger charge is 2.21. The molecular weight excluding hydrogens is 354 g/mol. The minimum Gasteiger partial charge on any atom is -0.475 e. The van der Waals surface area contributed by atoms with Gasteiger partial charge in [-0.15, -0.1) is 0 Å². The van der Waals surface area contributed by atoms with Gasteiger partial charge in [0.05, 0.1) is 24.8 Å². The molecule has 0 radical (unpaired) electrons. The van der Waals surface area contributed by atoms with Crippen molar-refractivity contribution in [1.29, 1.82) is 0 Å². The molecule has 1 atom stereocenters. The second kappa shape index (κ2) is 8.95. The van der Waals surface area contributed by atoms with Crippen LogP contribution in [0, 0.1) is 0 Å². The summed E-state index contributed by atoms with van der Waals surface area (Å²) in [6.07, 6.45) is 4.92. The summed E-state index contributed by atoms with van der Waals surface area (Å²) in [6.45, 7) is 1.93. The van der Waals surface area contributed by atoms with Crippen LogP contribution in [0.5, 0.6) is 5.88 Å². The molecule has 2 heterocycles. The highest BCUT2D eigenvalue weighted by atomic mass is 16.5. The van der Waals surface area contributed by atoms with Crippen LogP contribution >= 0.6 is 0 Å². The summed E-state index contributed by atoms with van der Waals surface area (Å²) in [4.78, 5) is 13.4. The van der Waals surface area contributed by atoms with E-state index in [2.05, 4.69) is 44.5 Å². The predicted molar refractivity (Wildman–Crippen MR) is 108 cm³/mol. The Morgan fingerprint density at radius 1 is 1.07 bits per heavy atom. The Morgan fingerprint density at radius 3 is 2.93 bits per heavy atom. The van der Waals surface area contributed by atoms with E-state index in [-0.39, 0.29) is 6.04 Å². The number of aromatic nitrogens is 3. The lowest BCUT2D eigenvalue weighted by atomic mass is 9.88. The number of nitrogens with zero attached hydrogens (tertiary/aromatic N) is 3. The van der Waals surface area contributed by atoms with E-state index in [0.717, 1.165) is 30.6 Å². The number of fused-ring (bicyclic) bond motifs is 2. The molecule has 0 unspecified atom stereocenters. The van der Waals surface area contributed by atoms with Crippen molar-refractivity contribution >= 4 is 16.9 Å². The van der Waals surface area contributed by atoms with Gasteiger partial charge in [-0.1, -0.05) is 24.3 Å². The Hall–Kier alpha value is -2.77. The van der Waals surface area contributed by atoms with Gasteiger partial charge in [0.1, 0.15) is 18.5 Å². The molecular formula is C21H25N5O2. The fraction of sp³-hybridized carbons (Fsp3) is 0.381. The van der Waals surface area contributed by atoms with Gasteiger partial charge in [0, 0.05) is 12.6 Å². The van der Waals surface area contributed by atoms with E-state index in [9.17, 15) is 0 Å². The first-order valence-electron chi connectivity index (χ1n) is 9.72. The van der Waals surface area contributed by atoms with Crippen LogP contribution in [0.1, 0.15) is 30.0 Å². The number of benzene rings is 1. The van der Waals surface area contributed by atoms with E-state index >= 15 is 0 Å². The third-order valence-electron chi connectivity index (χ3n) is 4.88. The van der Waals surface area contributed by atoms with E-state index in [1.165, 1.54) is 11.1 Å². The van der Waals surface area contributed by atoms with E-state index in [1.807, 2.05) is 12.1 Å². The van der Waals surface area contributed by atoms with Crippen molar-refractivity contribution < 1.29 is 9.47 Å². The van der Waals surface area contributed by atoms with Gasteiger partial charge in [-0.3, -0.25) is 0 Å². The molecule has 4 rings (SSSR count). The third-order valence-corrected chi connectivity index (χ3v) is 4.88. The highest BCUT2D eigenvalue weighted by molar-refractivity contribution is 5.85. The van der Waals surface area contributed by atoms with E-state index in [4.69, 9.17) is 15.2 Å². The maximum Gasteiger partial charge on any atom is 0.214 e. The molecule has 1 aromatic carbocycles. The molecule has 0 saturated heterocycles. The number of anilines is 1. The molecule has 0 bridgehead atoms. The van der Waals surface area contributed by atoms with Crippen LogP contribution in [0.25, 0.3) is 11.0 Å². The Morgan fingerprint density at radius 2 is 2.00 bits per heavy atom. The molecule has 0 aliphatic heterocycles. The first-order valence-corrected chi connectivity index (χ1v) is 9.72. The number of ether oxygens (including phenoxy) is 2. The fourth-order valence-electron chi connectivity index (χ4n) is 3.57. The molecule has 1 aliphatic rings. The second-order valence-corrected chi connectivity index (χ2v) is 6.78. The maximum atomic E-state index is 5.70. The van der Waals surface area contributed by atoms with Crippen molar-refractivity contribution in [2.24, 2.45) is 5.73 Å². The number of rotatable bonds is 8. The highest BCUT2D eigenvalue weighted by Crippen LogP contribution is 2.33. The quantitative estimate of drug-likeness (QED) is 0.581. The fourth-order valence-corrected chi connectivity index (χ4v) is 3.57. The van der Waals surface area contributed by atoms with Gasteiger partial charge < -0.3 is 20.5 Å². The van der Waals surface area contributed by atoms with E-state index < -0.39 is 0 Å². The summed E-state index contributed by atoms with van der Waals surface area (Å²) in [5, 5.41) is 3.58. The van der Waals surface area contributed by atoms with Crippen LogP contribution in [0.3, 0.4) is 0 Å². The number of hydrogen-bond donors (Lipinski definition) is 2. The van der Waals surface area contributed by atoms with Crippen LogP contribution in [0.15, 0.2) is 42.7 Å². The van der Waals surface area contributed by atoms with Gasteiger partial charge >= 0.3 is 0 Å².